The van der Waals surface area contributed by atoms with E-state index in [0.717, 1.165) is 0 Å². The number of aliphatic hydroxyl groups excluding tert-OH is 2. The molecule has 0 rings (SSSR count). The van der Waals surface area contributed by atoms with Gasteiger partial charge in [0.05, 0.1) is 6.61 Å². The SMILES string of the molecule is CC(C)(CO)C(O)C(=O)NCCC(=O)NCCS.Cl. The Bertz CT molecular complexity index is 290. The van der Waals surface area contributed by atoms with Crippen molar-refractivity contribution < 1.29 is 19.8 Å². The predicted octanol–water partition coefficient (Wildman–Crippen LogP) is -0.660. The minimum Gasteiger partial charge on any atom is -0.396 e. The van der Waals surface area contributed by atoms with E-state index in [4.69, 9.17) is 5.11 Å². The van der Waals surface area contributed by atoms with Crippen molar-refractivity contribution in [3.05, 3.63) is 0 Å². The summed E-state index contributed by atoms with van der Waals surface area (Å²) in [5, 5.41) is 23.7. The largest absolute Gasteiger partial charge is 0.396 e. The van der Waals surface area contributed by atoms with Crippen LogP contribution in [0.1, 0.15) is 20.3 Å². The van der Waals surface area contributed by atoms with Gasteiger partial charge < -0.3 is 20.8 Å². The summed E-state index contributed by atoms with van der Waals surface area (Å²) in [4.78, 5) is 22.7. The molecule has 0 aliphatic carbocycles. The maximum atomic E-state index is 11.5. The van der Waals surface area contributed by atoms with Gasteiger partial charge in [0.2, 0.25) is 11.8 Å². The number of thiol groups is 1. The molecule has 8 heteroatoms. The first-order valence-corrected chi connectivity index (χ1v) is 6.42. The van der Waals surface area contributed by atoms with Gasteiger partial charge in [-0.2, -0.15) is 12.6 Å². The zero-order valence-corrected chi connectivity index (χ0v) is 12.9. The van der Waals surface area contributed by atoms with Gasteiger partial charge in [0.1, 0.15) is 6.10 Å². The molecule has 0 aliphatic heterocycles. The Morgan fingerprint density at radius 1 is 1.26 bits per heavy atom. The molecule has 0 spiro atoms. The number of carbonyl (C=O) groups is 2. The summed E-state index contributed by atoms with van der Waals surface area (Å²) in [5.41, 5.74) is -0.904. The minimum absolute atomic E-state index is 0. The molecule has 0 saturated heterocycles. The van der Waals surface area contributed by atoms with Gasteiger partial charge in [-0.3, -0.25) is 9.59 Å². The lowest BCUT2D eigenvalue weighted by molar-refractivity contribution is -0.137. The van der Waals surface area contributed by atoms with Crippen molar-refractivity contribution in [2.45, 2.75) is 26.4 Å². The highest BCUT2D eigenvalue weighted by Crippen LogP contribution is 2.19. The number of hydrogen-bond acceptors (Lipinski definition) is 5. The smallest absolute Gasteiger partial charge is 0.249 e. The van der Waals surface area contributed by atoms with Gasteiger partial charge in [0, 0.05) is 30.7 Å². The molecule has 4 N–H and O–H groups in total. The summed E-state index contributed by atoms with van der Waals surface area (Å²) in [6.07, 6.45) is -1.16. The topological polar surface area (TPSA) is 98.7 Å². The number of rotatable bonds is 8. The average molecular weight is 315 g/mol. The molecule has 1 atom stereocenters. The third-order valence-corrected chi connectivity index (χ3v) is 2.70. The van der Waals surface area contributed by atoms with E-state index in [-0.39, 0.29) is 37.9 Å². The maximum Gasteiger partial charge on any atom is 0.249 e. The van der Waals surface area contributed by atoms with Gasteiger partial charge in [-0.25, -0.2) is 0 Å². The predicted molar refractivity (Wildman–Crippen MR) is 78.6 cm³/mol. The second-order valence-electron chi connectivity index (χ2n) is 4.66. The van der Waals surface area contributed by atoms with Crippen LogP contribution < -0.4 is 10.6 Å². The van der Waals surface area contributed by atoms with Gasteiger partial charge in [-0.1, -0.05) is 13.8 Å². The first kappa shape index (κ1) is 20.8. The molecular weight excluding hydrogens is 292 g/mol. The van der Waals surface area contributed by atoms with Crippen molar-refractivity contribution in [3.8, 4) is 0 Å². The van der Waals surface area contributed by atoms with E-state index in [1.54, 1.807) is 13.8 Å². The third kappa shape index (κ3) is 8.30. The van der Waals surface area contributed by atoms with Gasteiger partial charge in [-0.15, -0.1) is 12.4 Å². The van der Waals surface area contributed by atoms with Crippen LogP contribution in [0.5, 0.6) is 0 Å². The van der Waals surface area contributed by atoms with Crippen LogP contribution in [0.3, 0.4) is 0 Å². The Balaban J connectivity index is 0. The molecule has 1 unspecified atom stereocenters. The monoisotopic (exact) mass is 314 g/mol. The van der Waals surface area contributed by atoms with Crippen molar-refractivity contribution in [3.63, 3.8) is 0 Å². The van der Waals surface area contributed by atoms with Crippen LogP contribution in [0.25, 0.3) is 0 Å². The molecule has 0 heterocycles. The van der Waals surface area contributed by atoms with E-state index in [1.807, 2.05) is 0 Å². The van der Waals surface area contributed by atoms with E-state index in [9.17, 15) is 14.7 Å². The quantitative estimate of drug-likeness (QED) is 0.384. The molecule has 0 aromatic carbocycles. The number of amides is 2. The Hall–Kier alpha value is -0.500. The number of halogens is 1. The lowest BCUT2D eigenvalue weighted by Crippen LogP contribution is -2.46. The second kappa shape index (κ2) is 10.3. The normalized spacial score (nSPS) is 12.3. The lowest BCUT2D eigenvalue weighted by atomic mass is 9.87. The van der Waals surface area contributed by atoms with Crippen LogP contribution in [-0.4, -0.2) is 53.6 Å². The van der Waals surface area contributed by atoms with Gasteiger partial charge in [0.25, 0.3) is 0 Å². The number of nitrogens with one attached hydrogen (secondary N) is 2. The Morgan fingerprint density at radius 3 is 2.32 bits per heavy atom. The standard InChI is InChI=1S/C11H22N2O4S.ClH/c1-11(2,7-14)9(16)10(17)13-4-3-8(15)12-5-6-18;/h9,14,16,18H,3-7H2,1-2H3,(H,12,15)(H,13,17);1H. The van der Waals surface area contributed by atoms with Gasteiger partial charge in [-0.05, 0) is 0 Å². The maximum absolute atomic E-state index is 11.5. The molecule has 6 nitrogen and oxygen atoms in total. The Morgan fingerprint density at radius 2 is 1.84 bits per heavy atom. The van der Waals surface area contributed by atoms with Crippen molar-refractivity contribution in [2.75, 3.05) is 25.4 Å². The molecular formula is C11H23ClN2O4S. The highest BCUT2D eigenvalue weighted by Gasteiger charge is 2.32. The molecule has 0 bridgehead atoms. The molecule has 2 amide bonds. The Kier molecular flexibility index (Phi) is 11.3. The Labute approximate surface area is 125 Å². The highest BCUT2D eigenvalue weighted by molar-refractivity contribution is 7.80. The third-order valence-electron chi connectivity index (χ3n) is 2.48. The highest BCUT2D eigenvalue weighted by atomic mass is 35.5. The molecule has 114 valence electrons. The summed E-state index contributed by atoms with van der Waals surface area (Å²) >= 11 is 3.95. The first-order valence-electron chi connectivity index (χ1n) is 5.79. The molecule has 0 aliphatic rings. The lowest BCUT2D eigenvalue weighted by Gasteiger charge is -2.27. The molecule has 0 aromatic heterocycles. The fourth-order valence-electron chi connectivity index (χ4n) is 1.12. The summed E-state index contributed by atoms with van der Waals surface area (Å²) in [6.45, 7) is 3.49. The van der Waals surface area contributed by atoms with Crippen LogP contribution in [0.2, 0.25) is 0 Å². The zero-order valence-electron chi connectivity index (χ0n) is 11.2. The number of hydrogen-bond donors (Lipinski definition) is 5. The molecule has 0 aromatic rings. The van der Waals surface area contributed by atoms with Crippen LogP contribution >= 0.6 is 25.0 Å². The van der Waals surface area contributed by atoms with Crippen LogP contribution in [0.15, 0.2) is 0 Å². The second-order valence-corrected chi connectivity index (χ2v) is 5.11. The van der Waals surface area contributed by atoms with E-state index < -0.39 is 17.4 Å². The van der Waals surface area contributed by atoms with E-state index in [0.29, 0.717) is 12.3 Å². The van der Waals surface area contributed by atoms with Crippen molar-refractivity contribution in [2.24, 2.45) is 5.41 Å². The van der Waals surface area contributed by atoms with Crippen LogP contribution in [-0.2, 0) is 9.59 Å². The van der Waals surface area contributed by atoms with Crippen molar-refractivity contribution in [1.29, 1.82) is 0 Å². The molecule has 0 fully saturated rings. The van der Waals surface area contributed by atoms with Crippen molar-refractivity contribution in [1.82, 2.24) is 10.6 Å². The molecule has 0 saturated carbocycles. The fraction of sp³-hybridized carbons (Fsp3) is 0.818. The number of carbonyl (C=O) groups excluding carboxylic acids is 2. The molecule has 0 radical (unpaired) electrons. The summed E-state index contributed by atoms with van der Waals surface area (Å²) in [7, 11) is 0. The minimum atomic E-state index is -1.30. The van der Waals surface area contributed by atoms with Gasteiger partial charge in [0.15, 0.2) is 0 Å². The summed E-state index contributed by atoms with van der Waals surface area (Å²) < 4.78 is 0. The van der Waals surface area contributed by atoms with Crippen molar-refractivity contribution >= 4 is 36.9 Å². The molecule has 19 heavy (non-hydrogen) atoms. The van der Waals surface area contributed by atoms with Gasteiger partial charge >= 0.3 is 0 Å². The van der Waals surface area contributed by atoms with E-state index in [1.165, 1.54) is 0 Å². The van der Waals surface area contributed by atoms with E-state index >= 15 is 0 Å². The van der Waals surface area contributed by atoms with Crippen LogP contribution in [0.4, 0.5) is 0 Å². The average Bonchev–Trinajstić information content (AvgIpc) is 2.35. The fourth-order valence-corrected chi connectivity index (χ4v) is 1.23. The first-order chi connectivity index (χ1) is 8.35. The number of aliphatic hydroxyl groups is 2. The summed E-state index contributed by atoms with van der Waals surface area (Å²) in [6, 6.07) is 0. The zero-order chi connectivity index (χ0) is 14.2. The van der Waals surface area contributed by atoms with E-state index in [2.05, 4.69) is 23.3 Å². The van der Waals surface area contributed by atoms with Crippen LogP contribution in [0, 0.1) is 5.41 Å². The summed E-state index contributed by atoms with van der Waals surface area (Å²) in [5.74, 6) is -0.210.